The molecule has 5 aromatic heterocycles. The summed E-state index contributed by atoms with van der Waals surface area (Å²) in [6, 6.07) is 5.98. The predicted molar refractivity (Wildman–Crippen MR) is 140 cm³/mol. The molecule has 37 heavy (non-hydrogen) atoms. The summed E-state index contributed by atoms with van der Waals surface area (Å²) in [4.78, 5) is 12.1. The summed E-state index contributed by atoms with van der Waals surface area (Å²) >= 11 is 0. The number of aliphatic hydroxyl groups excluding tert-OH is 1. The second-order valence-electron chi connectivity index (χ2n) is 10.1. The van der Waals surface area contributed by atoms with Crippen LogP contribution in [0.15, 0.2) is 18.2 Å². The van der Waals surface area contributed by atoms with Crippen molar-refractivity contribution in [2.75, 3.05) is 13.6 Å². The molecule has 11 nitrogen and oxygen atoms in total. The van der Waals surface area contributed by atoms with E-state index in [0.29, 0.717) is 25.5 Å². The van der Waals surface area contributed by atoms with Crippen LogP contribution in [-0.4, -0.2) is 75.5 Å². The molecule has 0 saturated carbocycles. The third-order valence-corrected chi connectivity index (χ3v) is 6.82. The van der Waals surface area contributed by atoms with Crippen LogP contribution >= 0.6 is 0 Å². The van der Waals surface area contributed by atoms with Crippen LogP contribution in [0, 0.1) is 13.8 Å². The summed E-state index contributed by atoms with van der Waals surface area (Å²) in [5, 5.41) is 28.3. The first kappa shape index (κ1) is 23.6. The number of aromatic amines is 1. The quantitative estimate of drug-likeness (QED) is 0.379. The molecule has 6 rings (SSSR count). The van der Waals surface area contributed by atoms with Gasteiger partial charge in [0.25, 0.3) is 0 Å². The van der Waals surface area contributed by atoms with E-state index in [9.17, 15) is 5.11 Å². The van der Waals surface area contributed by atoms with Gasteiger partial charge in [-0.3, -0.25) is 19.7 Å². The molecule has 5 aromatic rings. The molecule has 0 aromatic carbocycles. The van der Waals surface area contributed by atoms with Gasteiger partial charge >= 0.3 is 0 Å². The number of nitrogens with zero attached hydrogens (tertiary/aromatic N) is 8. The topological polar surface area (TPSA) is 123 Å². The fourth-order valence-corrected chi connectivity index (χ4v) is 5.30. The Bertz CT molecular complexity index is 1650. The fourth-order valence-electron chi connectivity index (χ4n) is 5.30. The van der Waals surface area contributed by atoms with E-state index in [4.69, 9.17) is 19.8 Å². The van der Waals surface area contributed by atoms with Crippen LogP contribution in [0.3, 0.4) is 0 Å². The van der Waals surface area contributed by atoms with Crippen LogP contribution in [0.2, 0.25) is 0 Å². The van der Waals surface area contributed by atoms with Gasteiger partial charge in [-0.15, -0.1) is 0 Å². The molecule has 2 atom stereocenters. The predicted octanol–water partition coefficient (Wildman–Crippen LogP) is 2.98. The SMILES string of the molecule is Cc1nn(C)c2c1-c1cc3c([nH]nc3c(C)n1)-c1ccc3nn(C[C@H](C)O)c(c3n1)CN(C)C[C@H](C)O2. The van der Waals surface area contributed by atoms with Crippen LogP contribution in [0.5, 0.6) is 5.88 Å². The van der Waals surface area contributed by atoms with Crippen molar-refractivity contribution in [2.45, 2.75) is 53.0 Å². The Morgan fingerprint density at radius 1 is 1.11 bits per heavy atom. The number of aromatic nitrogens is 8. The number of aliphatic hydroxyl groups is 1. The summed E-state index contributed by atoms with van der Waals surface area (Å²) in [7, 11) is 3.95. The van der Waals surface area contributed by atoms with Crippen molar-refractivity contribution in [3.63, 3.8) is 0 Å². The lowest BCUT2D eigenvalue weighted by molar-refractivity contribution is 0.143. The molecule has 6 heterocycles. The number of rotatable bonds is 2. The van der Waals surface area contributed by atoms with Gasteiger partial charge in [0.05, 0.1) is 52.4 Å². The zero-order chi connectivity index (χ0) is 26.0. The molecule has 1 aliphatic heterocycles. The lowest BCUT2D eigenvalue weighted by Crippen LogP contribution is -2.32. The number of fused-ring (bicyclic) bond motifs is 5. The average Bonchev–Trinajstić information content (AvgIpc) is 3.47. The Hall–Kier alpha value is -3.83. The van der Waals surface area contributed by atoms with Gasteiger partial charge in [-0.05, 0) is 52.9 Å². The second-order valence-corrected chi connectivity index (χ2v) is 10.1. The Balaban J connectivity index is 1.63. The number of pyridine rings is 2. The Labute approximate surface area is 214 Å². The van der Waals surface area contributed by atoms with Crippen molar-refractivity contribution >= 4 is 21.9 Å². The highest BCUT2D eigenvalue weighted by molar-refractivity contribution is 5.96. The smallest absolute Gasteiger partial charge is 0.221 e. The van der Waals surface area contributed by atoms with Crippen LogP contribution in [0.4, 0.5) is 0 Å². The van der Waals surface area contributed by atoms with Crippen molar-refractivity contribution < 1.29 is 9.84 Å². The molecule has 1 aliphatic rings. The molecule has 0 spiro atoms. The molecule has 0 unspecified atom stereocenters. The molecule has 0 amide bonds. The van der Waals surface area contributed by atoms with E-state index < -0.39 is 6.10 Å². The summed E-state index contributed by atoms with van der Waals surface area (Å²) < 4.78 is 10.1. The van der Waals surface area contributed by atoms with E-state index in [1.165, 1.54) is 0 Å². The van der Waals surface area contributed by atoms with E-state index in [1.807, 2.05) is 43.8 Å². The third kappa shape index (κ3) is 3.94. The molecule has 192 valence electrons. The largest absolute Gasteiger partial charge is 0.473 e. The van der Waals surface area contributed by atoms with Crippen LogP contribution in [0.25, 0.3) is 44.6 Å². The minimum absolute atomic E-state index is 0.124. The lowest BCUT2D eigenvalue weighted by atomic mass is 10.1. The monoisotopic (exact) mass is 501 g/mol. The van der Waals surface area contributed by atoms with Crippen molar-refractivity contribution in [1.29, 1.82) is 0 Å². The van der Waals surface area contributed by atoms with Gasteiger partial charge in [0.2, 0.25) is 5.88 Å². The van der Waals surface area contributed by atoms with E-state index in [2.05, 4.69) is 34.2 Å². The third-order valence-electron chi connectivity index (χ3n) is 6.82. The molecular weight excluding hydrogens is 470 g/mol. The Morgan fingerprint density at radius 3 is 2.70 bits per heavy atom. The first-order valence-corrected chi connectivity index (χ1v) is 12.5. The number of ether oxygens (including phenoxy) is 1. The van der Waals surface area contributed by atoms with Crippen LogP contribution < -0.4 is 4.74 Å². The van der Waals surface area contributed by atoms with Gasteiger partial charge in [-0.2, -0.15) is 15.3 Å². The number of hydrogen-bond acceptors (Lipinski definition) is 8. The van der Waals surface area contributed by atoms with E-state index >= 15 is 0 Å². The summed E-state index contributed by atoms with van der Waals surface area (Å²) in [6.07, 6.45) is -0.660. The summed E-state index contributed by atoms with van der Waals surface area (Å²) in [5.41, 5.74) is 8.26. The molecule has 0 saturated heterocycles. The Kier molecular flexibility index (Phi) is 5.50. The van der Waals surface area contributed by atoms with Crippen LogP contribution in [-0.2, 0) is 20.1 Å². The average molecular weight is 502 g/mol. The minimum Gasteiger partial charge on any atom is -0.473 e. The zero-order valence-corrected chi connectivity index (χ0v) is 21.9. The van der Waals surface area contributed by atoms with Crippen molar-refractivity contribution in [3.05, 3.63) is 35.3 Å². The zero-order valence-electron chi connectivity index (χ0n) is 21.9. The van der Waals surface area contributed by atoms with Crippen molar-refractivity contribution in [3.8, 4) is 28.5 Å². The first-order valence-electron chi connectivity index (χ1n) is 12.5. The van der Waals surface area contributed by atoms with Gasteiger partial charge in [-0.1, -0.05) is 0 Å². The summed E-state index contributed by atoms with van der Waals surface area (Å²) in [6.45, 7) is 9.41. The maximum absolute atomic E-state index is 10.1. The lowest BCUT2D eigenvalue weighted by Gasteiger charge is -2.23. The van der Waals surface area contributed by atoms with Gasteiger partial charge in [0.1, 0.15) is 22.7 Å². The molecule has 2 N–H and O–H groups in total. The number of aryl methyl sites for hydroxylation is 3. The Morgan fingerprint density at radius 2 is 1.92 bits per heavy atom. The highest BCUT2D eigenvalue weighted by Gasteiger charge is 2.25. The number of hydrogen-bond donors (Lipinski definition) is 2. The van der Waals surface area contributed by atoms with E-state index in [0.717, 1.165) is 61.7 Å². The van der Waals surface area contributed by atoms with Gasteiger partial charge < -0.3 is 9.84 Å². The van der Waals surface area contributed by atoms with Crippen molar-refractivity contribution in [1.82, 2.24) is 44.6 Å². The standard InChI is InChI=1S/C26H31N9O2/c1-13(36)10-35-21-12-33(5)11-14(2)37-26-22(15(3)31-34(26)6)20-9-17-23(16(4)27-20)29-30-24(17)18-7-8-19(32-35)25(21)28-18/h7-9,13-14,36H,10-12H2,1-6H3,(H,29,30)/t13-,14-/m0/s1. The van der Waals surface area contributed by atoms with E-state index in [-0.39, 0.29) is 6.10 Å². The molecule has 0 radical (unpaired) electrons. The van der Waals surface area contributed by atoms with Gasteiger partial charge in [0.15, 0.2) is 0 Å². The molecule has 0 fully saturated rings. The first-order chi connectivity index (χ1) is 17.7. The molecular formula is C26H31N9O2. The minimum atomic E-state index is -0.536. The highest BCUT2D eigenvalue weighted by atomic mass is 16.5. The molecule has 11 heteroatoms. The fraction of sp³-hybridized carbons (Fsp3) is 0.423. The highest BCUT2D eigenvalue weighted by Crippen LogP contribution is 2.37. The number of likely N-dealkylation sites (N-methyl/N-ethyl adjacent to an activating group) is 1. The van der Waals surface area contributed by atoms with Gasteiger partial charge in [0, 0.05) is 25.5 Å². The molecule has 0 aliphatic carbocycles. The maximum Gasteiger partial charge on any atom is 0.221 e. The second kappa shape index (κ2) is 8.63. The van der Waals surface area contributed by atoms with Crippen LogP contribution in [0.1, 0.15) is 30.9 Å². The summed E-state index contributed by atoms with van der Waals surface area (Å²) in [5.74, 6) is 0.685. The van der Waals surface area contributed by atoms with Crippen molar-refractivity contribution in [2.24, 2.45) is 7.05 Å². The normalized spacial score (nSPS) is 17.2. The van der Waals surface area contributed by atoms with Gasteiger partial charge in [-0.25, -0.2) is 9.67 Å². The number of H-pyrrole nitrogens is 1. The number of nitrogens with one attached hydrogen (secondary N) is 1. The van der Waals surface area contributed by atoms with E-state index in [1.54, 1.807) is 11.6 Å². The molecule has 4 bridgehead atoms. The maximum atomic E-state index is 10.1.